The molecule has 1 unspecified atom stereocenters. The molecule has 0 aliphatic heterocycles. The summed E-state index contributed by atoms with van der Waals surface area (Å²) in [5.74, 6) is -1.79. The van der Waals surface area contributed by atoms with Crippen LogP contribution >= 0.6 is 0 Å². The van der Waals surface area contributed by atoms with Crippen LogP contribution in [0.4, 0.5) is 0 Å². The van der Waals surface area contributed by atoms with Crippen LogP contribution in [0.1, 0.15) is 96.1 Å². The van der Waals surface area contributed by atoms with Gasteiger partial charge in [-0.05, 0) is 19.0 Å². The molecule has 0 fully saturated rings. The van der Waals surface area contributed by atoms with Crippen LogP contribution in [0, 0.1) is 0 Å². The molecule has 3 nitrogen and oxygen atoms in total. The molecule has 25 heavy (non-hydrogen) atoms. The lowest BCUT2D eigenvalue weighted by molar-refractivity contribution is -0.255. The molecule has 1 atom stereocenters. The molecule has 0 spiro atoms. The summed E-state index contributed by atoms with van der Waals surface area (Å²) in [7, 11) is 1.79. The third-order valence-corrected chi connectivity index (χ3v) is 5.15. The maximum atomic E-state index is 9.96. The van der Waals surface area contributed by atoms with Gasteiger partial charge in [-0.15, -0.1) is 0 Å². The van der Waals surface area contributed by atoms with Crippen LogP contribution in [0.25, 0.3) is 0 Å². The summed E-state index contributed by atoms with van der Waals surface area (Å²) in [5, 5.41) is 19.9. The second-order valence-corrected chi connectivity index (χ2v) is 7.48. The summed E-state index contributed by atoms with van der Waals surface area (Å²) in [5.41, 5.74) is 1.15. The van der Waals surface area contributed by atoms with Gasteiger partial charge in [0.15, 0.2) is 0 Å². The molecule has 0 bridgehead atoms. The predicted octanol–water partition coefficient (Wildman–Crippen LogP) is 5.63. The standard InChI is InChI=1S/C22H39NO2/c1-4-5-6-7-8-9-10-11-12-16-19-21(23(3)22(2,24)25)20-17-14-13-15-18-20/h13-15,17-18,21,24-25H,4-12,16,19H2,1-3H3. The van der Waals surface area contributed by atoms with Crippen molar-refractivity contribution in [2.75, 3.05) is 7.05 Å². The number of benzene rings is 1. The first-order valence-electron chi connectivity index (χ1n) is 10.2. The van der Waals surface area contributed by atoms with Gasteiger partial charge in [0.05, 0.1) is 0 Å². The van der Waals surface area contributed by atoms with E-state index in [1.165, 1.54) is 64.7 Å². The predicted molar refractivity (Wildman–Crippen MR) is 106 cm³/mol. The van der Waals surface area contributed by atoms with Gasteiger partial charge in [0.1, 0.15) is 0 Å². The Kier molecular flexibility index (Phi) is 11.0. The topological polar surface area (TPSA) is 43.7 Å². The number of rotatable bonds is 14. The van der Waals surface area contributed by atoms with Crippen LogP contribution in [-0.2, 0) is 0 Å². The molecule has 0 saturated carbocycles. The Morgan fingerprint density at radius 1 is 0.840 bits per heavy atom. The van der Waals surface area contributed by atoms with E-state index < -0.39 is 5.91 Å². The first kappa shape index (κ1) is 22.1. The maximum absolute atomic E-state index is 9.96. The molecule has 0 saturated heterocycles. The number of aliphatic hydroxyl groups is 2. The molecular weight excluding hydrogens is 310 g/mol. The third-order valence-electron chi connectivity index (χ3n) is 5.15. The van der Waals surface area contributed by atoms with E-state index in [2.05, 4.69) is 19.1 Å². The Balaban J connectivity index is 2.30. The average molecular weight is 350 g/mol. The van der Waals surface area contributed by atoms with E-state index in [-0.39, 0.29) is 6.04 Å². The van der Waals surface area contributed by atoms with Crippen molar-refractivity contribution < 1.29 is 10.2 Å². The molecular formula is C22H39NO2. The first-order chi connectivity index (χ1) is 12.0. The summed E-state index contributed by atoms with van der Waals surface area (Å²) < 4.78 is 0. The van der Waals surface area contributed by atoms with Crippen LogP contribution in [0.5, 0.6) is 0 Å². The lowest BCUT2D eigenvalue weighted by atomic mass is 9.97. The van der Waals surface area contributed by atoms with Crippen molar-refractivity contribution in [2.45, 2.75) is 96.4 Å². The van der Waals surface area contributed by atoms with Crippen molar-refractivity contribution in [3.05, 3.63) is 35.9 Å². The number of hydrogen-bond donors (Lipinski definition) is 2. The summed E-state index contributed by atoms with van der Waals surface area (Å²) in [6.45, 7) is 3.69. The van der Waals surface area contributed by atoms with Crippen molar-refractivity contribution in [2.24, 2.45) is 0 Å². The monoisotopic (exact) mass is 349 g/mol. The summed E-state index contributed by atoms with van der Waals surface area (Å²) >= 11 is 0. The number of nitrogens with zero attached hydrogens (tertiary/aromatic N) is 1. The second-order valence-electron chi connectivity index (χ2n) is 7.48. The Labute approximate surface area is 155 Å². The molecule has 2 N–H and O–H groups in total. The number of hydrogen-bond acceptors (Lipinski definition) is 3. The highest BCUT2D eigenvalue weighted by Crippen LogP contribution is 2.29. The van der Waals surface area contributed by atoms with Gasteiger partial charge >= 0.3 is 0 Å². The first-order valence-corrected chi connectivity index (χ1v) is 10.2. The fourth-order valence-corrected chi connectivity index (χ4v) is 3.38. The highest BCUT2D eigenvalue weighted by Gasteiger charge is 2.29. The van der Waals surface area contributed by atoms with Gasteiger partial charge in [0.2, 0.25) is 5.91 Å². The zero-order valence-electron chi connectivity index (χ0n) is 16.6. The summed E-state index contributed by atoms with van der Waals surface area (Å²) in [6.07, 6.45) is 14.1. The van der Waals surface area contributed by atoms with Gasteiger partial charge in [-0.25, -0.2) is 4.90 Å². The molecule has 0 amide bonds. The lowest BCUT2D eigenvalue weighted by Crippen LogP contribution is -2.45. The van der Waals surface area contributed by atoms with E-state index in [4.69, 9.17) is 0 Å². The van der Waals surface area contributed by atoms with E-state index in [0.717, 1.165) is 18.4 Å². The molecule has 0 aromatic heterocycles. The van der Waals surface area contributed by atoms with Gasteiger partial charge in [0, 0.05) is 13.0 Å². The Morgan fingerprint density at radius 3 is 1.80 bits per heavy atom. The highest BCUT2D eigenvalue weighted by molar-refractivity contribution is 5.19. The molecule has 0 heterocycles. The Hall–Kier alpha value is -0.900. The molecule has 3 heteroatoms. The highest BCUT2D eigenvalue weighted by atomic mass is 16.5. The van der Waals surface area contributed by atoms with Crippen molar-refractivity contribution >= 4 is 0 Å². The van der Waals surface area contributed by atoms with Gasteiger partial charge in [0.25, 0.3) is 0 Å². The summed E-state index contributed by atoms with van der Waals surface area (Å²) in [4.78, 5) is 1.66. The van der Waals surface area contributed by atoms with Crippen LogP contribution in [0.3, 0.4) is 0 Å². The SMILES string of the molecule is CCCCCCCCCCCCC(c1ccccc1)N(C)C(C)(O)O. The van der Waals surface area contributed by atoms with E-state index in [0.29, 0.717) is 0 Å². The fourth-order valence-electron chi connectivity index (χ4n) is 3.38. The van der Waals surface area contributed by atoms with Gasteiger partial charge < -0.3 is 10.2 Å². The minimum Gasteiger partial charge on any atom is -0.353 e. The van der Waals surface area contributed by atoms with Gasteiger partial charge in [-0.2, -0.15) is 0 Å². The van der Waals surface area contributed by atoms with Crippen molar-refractivity contribution in [1.29, 1.82) is 0 Å². The van der Waals surface area contributed by atoms with E-state index in [1.807, 2.05) is 18.2 Å². The third kappa shape index (κ3) is 9.39. The van der Waals surface area contributed by atoms with Crippen molar-refractivity contribution in [3.63, 3.8) is 0 Å². The average Bonchev–Trinajstić information content (AvgIpc) is 2.59. The van der Waals surface area contributed by atoms with E-state index in [1.54, 1.807) is 11.9 Å². The zero-order chi connectivity index (χ0) is 18.5. The fraction of sp³-hybridized carbons (Fsp3) is 0.727. The Bertz CT molecular complexity index is 427. The van der Waals surface area contributed by atoms with Crippen LogP contribution < -0.4 is 0 Å². The number of unbranched alkanes of at least 4 members (excludes halogenated alkanes) is 9. The minimum absolute atomic E-state index is 0.0373. The van der Waals surface area contributed by atoms with Crippen molar-refractivity contribution in [1.82, 2.24) is 4.90 Å². The van der Waals surface area contributed by atoms with E-state index in [9.17, 15) is 10.2 Å². The smallest absolute Gasteiger partial charge is 0.222 e. The maximum Gasteiger partial charge on any atom is 0.222 e. The van der Waals surface area contributed by atoms with E-state index >= 15 is 0 Å². The largest absolute Gasteiger partial charge is 0.353 e. The van der Waals surface area contributed by atoms with Crippen LogP contribution in [0.2, 0.25) is 0 Å². The molecule has 0 aliphatic rings. The van der Waals surface area contributed by atoms with Crippen molar-refractivity contribution in [3.8, 4) is 0 Å². The van der Waals surface area contributed by atoms with Crippen LogP contribution in [-0.4, -0.2) is 28.1 Å². The Morgan fingerprint density at radius 2 is 1.32 bits per heavy atom. The minimum atomic E-state index is -1.79. The van der Waals surface area contributed by atoms with Gasteiger partial charge in [-0.3, -0.25) is 0 Å². The second kappa shape index (κ2) is 12.5. The molecule has 1 aromatic carbocycles. The zero-order valence-corrected chi connectivity index (χ0v) is 16.6. The van der Waals surface area contributed by atoms with Gasteiger partial charge in [-0.1, -0.05) is 101 Å². The normalized spacial score (nSPS) is 13.4. The molecule has 1 aromatic rings. The quantitative estimate of drug-likeness (QED) is 0.338. The molecule has 1 rings (SSSR count). The molecule has 144 valence electrons. The molecule has 0 aliphatic carbocycles. The van der Waals surface area contributed by atoms with Crippen LogP contribution in [0.15, 0.2) is 30.3 Å². The summed E-state index contributed by atoms with van der Waals surface area (Å²) in [6, 6.07) is 10.2. The lowest BCUT2D eigenvalue weighted by Gasteiger charge is -2.36. The molecule has 0 radical (unpaired) electrons.